The van der Waals surface area contributed by atoms with Gasteiger partial charge < -0.3 is 10.2 Å². The molecule has 2 amide bonds. The third kappa shape index (κ3) is 6.60. The van der Waals surface area contributed by atoms with Crippen molar-refractivity contribution >= 4 is 44.2 Å². The second-order valence-electron chi connectivity index (χ2n) is 8.39. The lowest BCUT2D eigenvalue weighted by Crippen LogP contribution is -2.50. The molecule has 0 spiro atoms. The molecule has 0 fully saturated rings. The molecule has 0 saturated heterocycles. The molecule has 0 bridgehead atoms. The van der Waals surface area contributed by atoms with E-state index >= 15 is 0 Å². The summed E-state index contributed by atoms with van der Waals surface area (Å²) in [4.78, 5) is 27.5. The first-order valence-corrected chi connectivity index (χ1v) is 13.2. The summed E-state index contributed by atoms with van der Waals surface area (Å²) in [6.45, 7) is 3.79. The van der Waals surface area contributed by atoms with Crippen LogP contribution in [0.15, 0.2) is 71.6 Å². The Morgan fingerprint density at radius 2 is 1.66 bits per heavy atom. The highest BCUT2D eigenvalue weighted by atomic mass is 35.5. The molecular formula is C26H30ClN3O4S. The summed E-state index contributed by atoms with van der Waals surface area (Å²) in [6.07, 6.45) is 0.760. The van der Waals surface area contributed by atoms with Crippen LogP contribution >= 0.6 is 11.6 Å². The van der Waals surface area contributed by atoms with Crippen molar-refractivity contribution < 1.29 is 18.0 Å². The Balaban J connectivity index is 1.83. The molecule has 0 radical (unpaired) electrons. The Morgan fingerprint density at radius 3 is 2.31 bits per heavy atom. The van der Waals surface area contributed by atoms with Gasteiger partial charge in [-0.1, -0.05) is 61.0 Å². The van der Waals surface area contributed by atoms with Gasteiger partial charge in [-0.15, -0.1) is 0 Å². The average Bonchev–Trinajstić information content (AvgIpc) is 2.85. The zero-order chi connectivity index (χ0) is 25.6. The van der Waals surface area contributed by atoms with Crippen LogP contribution in [0.1, 0.15) is 25.8 Å². The predicted molar refractivity (Wildman–Crippen MR) is 139 cm³/mol. The number of halogens is 1. The van der Waals surface area contributed by atoms with Gasteiger partial charge in [0, 0.05) is 25.2 Å². The molecule has 1 atom stereocenters. The number of hydrogen-bond acceptors (Lipinski definition) is 4. The molecular weight excluding hydrogens is 486 g/mol. The summed E-state index contributed by atoms with van der Waals surface area (Å²) >= 11 is 5.98. The quantitative estimate of drug-likeness (QED) is 0.441. The van der Waals surface area contributed by atoms with E-state index in [1.165, 1.54) is 18.0 Å². The third-order valence-corrected chi connectivity index (χ3v) is 7.82. The summed E-state index contributed by atoms with van der Waals surface area (Å²) in [6, 6.07) is 18.5. The maximum Gasteiger partial charge on any atom is 0.243 e. The first-order chi connectivity index (χ1) is 16.6. The van der Waals surface area contributed by atoms with Crippen LogP contribution in [0.3, 0.4) is 0 Å². The van der Waals surface area contributed by atoms with Gasteiger partial charge in [-0.05, 0) is 53.9 Å². The molecule has 9 heteroatoms. The van der Waals surface area contributed by atoms with E-state index in [1.54, 1.807) is 43.3 Å². The van der Waals surface area contributed by atoms with Gasteiger partial charge in [-0.25, -0.2) is 8.42 Å². The van der Waals surface area contributed by atoms with Crippen LogP contribution < -0.4 is 5.32 Å². The number of amides is 2. The second kappa shape index (κ2) is 11.7. The third-order valence-electron chi connectivity index (χ3n) is 5.77. The summed E-state index contributed by atoms with van der Waals surface area (Å²) in [7, 11) is -2.56. The molecule has 0 aliphatic carbocycles. The van der Waals surface area contributed by atoms with Gasteiger partial charge in [-0.2, -0.15) is 4.31 Å². The minimum atomic E-state index is -3.93. The highest BCUT2D eigenvalue weighted by Gasteiger charge is 2.30. The van der Waals surface area contributed by atoms with Crippen molar-refractivity contribution in [2.45, 2.75) is 37.8 Å². The number of nitrogens with zero attached hydrogens (tertiary/aromatic N) is 2. The number of rotatable bonds is 10. The molecule has 0 unspecified atom stereocenters. The highest BCUT2D eigenvalue weighted by Crippen LogP contribution is 2.22. The van der Waals surface area contributed by atoms with Gasteiger partial charge in [-0.3, -0.25) is 9.59 Å². The van der Waals surface area contributed by atoms with Gasteiger partial charge in [0.2, 0.25) is 21.8 Å². The summed E-state index contributed by atoms with van der Waals surface area (Å²) in [5.74, 6) is -0.778. The maximum absolute atomic E-state index is 13.3. The molecule has 35 heavy (non-hydrogen) atoms. The number of nitrogens with one attached hydrogen (secondary N) is 1. The van der Waals surface area contributed by atoms with E-state index in [0.717, 1.165) is 27.1 Å². The molecule has 1 N–H and O–H groups in total. The number of carbonyl (C=O) groups is 2. The SMILES string of the molecule is CCCNC(=O)[C@@H](C)N(Cc1ccc(Cl)cc1)C(=O)CN(C)S(=O)(=O)c1ccc2ccccc2c1. The Morgan fingerprint density at radius 1 is 1.00 bits per heavy atom. The molecule has 3 rings (SSSR count). The number of fused-ring (bicyclic) bond motifs is 1. The summed E-state index contributed by atoms with van der Waals surface area (Å²) < 4.78 is 27.5. The molecule has 186 valence electrons. The van der Waals surface area contributed by atoms with Gasteiger partial charge in [0.15, 0.2) is 0 Å². The van der Waals surface area contributed by atoms with Crippen LogP contribution in [0.5, 0.6) is 0 Å². The molecule has 0 aromatic heterocycles. The number of hydrogen-bond donors (Lipinski definition) is 1. The van der Waals surface area contributed by atoms with Gasteiger partial charge in [0.05, 0.1) is 11.4 Å². The molecule has 0 heterocycles. The average molecular weight is 516 g/mol. The lowest BCUT2D eigenvalue weighted by atomic mass is 10.1. The molecule has 3 aromatic carbocycles. The fourth-order valence-corrected chi connectivity index (χ4v) is 4.92. The van der Waals surface area contributed by atoms with Crippen molar-refractivity contribution in [1.82, 2.24) is 14.5 Å². The van der Waals surface area contributed by atoms with E-state index in [-0.39, 0.29) is 17.3 Å². The number of sulfonamides is 1. The van der Waals surface area contributed by atoms with Crippen molar-refractivity contribution in [3.05, 3.63) is 77.3 Å². The fraction of sp³-hybridized carbons (Fsp3) is 0.308. The summed E-state index contributed by atoms with van der Waals surface area (Å²) in [5.41, 5.74) is 0.776. The zero-order valence-corrected chi connectivity index (χ0v) is 21.6. The lowest BCUT2D eigenvalue weighted by Gasteiger charge is -2.30. The van der Waals surface area contributed by atoms with Crippen molar-refractivity contribution in [1.29, 1.82) is 0 Å². The van der Waals surface area contributed by atoms with Crippen molar-refractivity contribution in [3.8, 4) is 0 Å². The largest absolute Gasteiger partial charge is 0.354 e. The van der Waals surface area contributed by atoms with E-state index in [0.29, 0.717) is 11.6 Å². The second-order valence-corrected chi connectivity index (χ2v) is 10.9. The Labute approximate surface area is 211 Å². The van der Waals surface area contributed by atoms with Crippen LogP contribution in [-0.2, 0) is 26.2 Å². The van der Waals surface area contributed by atoms with Crippen molar-refractivity contribution in [2.75, 3.05) is 20.1 Å². The van der Waals surface area contributed by atoms with E-state index in [2.05, 4.69) is 5.32 Å². The monoisotopic (exact) mass is 515 g/mol. The fourth-order valence-electron chi connectivity index (χ4n) is 3.64. The topological polar surface area (TPSA) is 86.8 Å². The van der Waals surface area contributed by atoms with Crippen molar-refractivity contribution in [2.24, 2.45) is 0 Å². The normalized spacial score (nSPS) is 12.5. The predicted octanol–water partition coefficient (Wildman–Crippen LogP) is 4.06. The van der Waals surface area contributed by atoms with Crippen LogP contribution in [0.4, 0.5) is 0 Å². The maximum atomic E-state index is 13.3. The highest BCUT2D eigenvalue weighted by molar-refractivity contribution is 7.89. The lowest BCUT2D eigenvalue weighted by molar-refractivity contribution is -0.140. The molecule has 3 aromatic rings. The van der Waals surface area contributed by atoms with E-state index in [4.69, 9.17) is 11.6 Å². The molecule has 0 aliphatic heterocycles. The van der Waals surface area contributed by atoms with Crippen LogP contribution in [-0.4, -0.2) is 55.6 Å². The van der Waals surface area contributed by atoms with E-state index in [1.807, 2.05) is 31.2 Å². The zero-order valence-electron chi connectivity index (χ0n) is 20.1. The number of benzene rings is 3. The van der Waals surface area contributed by atoms with Crippen LogP contribution in [0.25, 0.3) is 10.8 Å². The van der Waals surface area contributed by atoms with Gasteiger partial charge in [0.25, 0.3) is 0 Å². The van der Waals surface area contributed by atoms with Gasteiger partial charge >= 0.3 is 0 Å². The molecule has 0 saturated carbocycles. The minimum absolute atomic E-state index is 0.101. The smallest absolute Gasteiger partial charge is 0.243 e. The molecule has 7 nitrogen and oxygen atoms in total. The molecule has 0 aliphatic rings. The first-order valence-electron chi connectivity index (χ1n) is 11.4. The van der Waals surface area contributed by atoms with E-state index < -0.39 is 28.5 Å². The number of likely N-dealkylation sites (N-methyl/N-ethyl adjacent to an activating group) is 1. The Kier molecular flexibility index (Phi) is 8.88. The van der Waals surface area contributed by atoms with Crippen LogP contribution in [0, 0.1) is 0 Å². The van der Waals surface area contributed by atoms with Gasteiger partial charge in [0.1, 0.15) is 6.04 Å². The standard InChI is InChI=1S/C26H30ClN3O4S/c1-4-15-28-26(32)19(2)30(17-20-9-12-23(27)13-10-20)25(31)18-29(3)35(33,34)24-14-11-21-7-5-6-8-22(21)16-24/h5-14,16,19H,4,15,17-18H2,1-3H3,(H,28,32)/t19-/m1/s1. The summed E-state index contributed by atoms with van der Waals surface area (Å²) in [5, 5.41) is 5.07. The number of carbonyl (C=O) groups excluding carboxylic acids is 2. The minimum Gasteiger partial charge on any atom is -0.354 e. The Hall–Kier alpha value is -2.94. The van der Waals surface area contributed by atoms with E-state index in [9.17, 15) is 18.0 Å². The first kappa shape index (κ1) is 26.7. The Bertz CT molecular complexity index is 1300. The van der Waals surface area contributed by atoms with Crippen molar-refractivity contribution in [3.63, 3.8) is 0 Å². The van der Waals surface area contributed by atoms with Crippen LogP contribution in [0.2, 0.25) is 5.02 Å².